The zero-order valence-electron chi connectivity index (χ0n) is 11.9. The molecule has 0 aliphatic carbocycles. The Kier molecular flexibility index (Phi) is 4.68. The van der Waals surface area contributed by atoms with Crippen molar-refractivity contribution < 1.29 is 0 Å². The van der Waals surface area contributed by atoms with Gasteiger partial charge in [-0.2, -0.15) is 0 Å². The Morgan fingerprint density at radius 3 is 2.84 bits per heavy atom. The molecule has 2 aromatic heterocycles. The minimum absolute atomic E-state index is 0.295. The number of hydrogen-bond acceptors (Lipinski definition) is 3. The molecule has 0 aromatic carbocycles. The van der Waals surface area contributed by atoms with Crippen molar-refractivity contribution in [3.05, 3.63) is 47.8 Å². The molecule has 2 rings (SSSR count). The van der Waals surface area contributed by atoms with E-state index in [0.29, 0.717) is 6.04 Å². The fourth-order valence-electron chi connectivity index (χ4n) is 2.26. The lowest BCUT2D eigenvalue weighted by Gasteiger charge is -2.20. The van der Waals surface area contributed by atoms with Crippen molar-refractivity contribution in [1.29, 1.82) is 0 Å². The quantitative estimate of drug-likeness (QED) is 0.865. The fraction of sp³-hybridized carbons (Fsp3) is 0.467. The number of imidazole rings is 1. The third kappa shape index (κ3) is 3.41. The maximum absolute atomic E-state index is 4.43. The highest BCUT2D eigenvalue weighted by atomic mass is 15.0. The van der Waals surface area contributed by atoms with Gasteiger partial charge in [-0.3, -0.25) is 4.98 Å². The van der Waals surface area contributed by atoms with Crippen molar-refractivity contribution in [2.75, 3.05) is 6.54 Å². The van der Waals surface area contributed by atoms with Gasteiger partial charge in [-0.1, -0.05) is 6.92 Å². The van der Waals surface area contributed by atoms with E-state index in [1.807, 2.05) is 31.8 Å². The number of hydrogen-bond donors (Lipinski definition) is 1. The molecule has 0 aliphatic heterocycles. The predicted octanol–water partition coefficient (Wildman–Crippen LogP) is 2.41. The first kappa shape index (κ1) is 13.7. The van der Waals surface area contributed by atoms with Crippen LogP contribution in [0.15, 0.2) is 30.9 Å². The lowest BCUT2D eigenvalue weighted by molar-refractivity contribution is 0.509. The molecule has 19 heavy (non-hydrogen) atoms. The number of nitrogens with one attached hydrogen (secondary N) is 1. The molecule has 0 fully saturated rings. The number of pyridine rings is 1. The van der Waals surface area contributed by atoms with Crippen LogP contribution in [0.25, 0.3) is 0 Å². The van der Waals surface area contributed by atoms with Crippen LogP contribution >= 0.6 is 0 Å². The Morgan fingerprint density at radius 1 is 1.37 bits per heavy atom. The first-order valence-corrected chi connectivity index (χ1v) is 6.82. The second-order valence-electron chi connectivity index (χ2n) is 4.90. The molecule has 2 heterocycles. The van der Waals surface area contributed by atoms with Crippen LogP contribution in [0.5, 0.6) is 0 Å². The van der Waals surface area contributed by atoms with Crippen LogP contribution < -0.4 is 5.32 Å². The molecule has 0 aliphatic rings. The largest absolute Gasteiger partial charge is 0.338 e. The summed E-state index contributed by atoms with van der Waals surface area (Å²) >= 11 is 0. The van der Waals surface area contributed by atoms with Crippen molar-refractivity contribution in [1.82, 2.24) is 19.9 Å². The van der Waals surface area contributed by atoms with Crippen LogP contribution in [-0.2, 0) is 13.5 Å². The van der Waals surface area contributed by atoms with E-state index in [0.717, 1.165) is 25.2 Å². The third-order valence-corrected chi connectivity index (χ3v) is 3.39. The summed E-state index contributed by atoms with van der Waals surface area (Å²) in [6.45, 7) is 5.31. The van der Waals surface area contributed by atoms with Gasteiger partial charge in [0.05, 0.1) is 0 Å². The Morgan fingerprint density at radius 2 is 2.21 bits per heavy atom. The van der Waals surface area contributed by atoms with Crippen LogP contribution in [0.3, 0.4) is 0 Å². The van der Waals surface area contributed by atoms with E-state index >= 15 is 0 Å². The molecule has 1 unspecified atom stereocenters. The monoisotopic (exact) mass is 258 g/mol. The topological polar surface area (TPSA) is 42.7 Å². The van der Waals surface area contributed by atoms with Gasteiger partial charge in [0.25, 0.3) is 0 Å². The molecule has 4 nitrogen and oxygen atoms in total. The second-order valence-corrected chi connectivity index (χ2v) is 4.90. The minimum Gasteiger partial charge on any atom is -0.338 e. The van der Waals surface area contributed by atoms with Crippen LogP contribution in [0.1, 0.15) is 36.3 Å². The van der Waals surface area contributed by atoms with Crippen LogP contribution in [-0.4, -0.2) is 21.1 Å². The molecular formula is C15H22N4. The van der Waals surface area contributed by atoms with Gasteiger partial charge in [-0.05, 0) is 37.1 Å². The normalized spacial score (nSPS) is 12.6. The fourth-order valence-corrected chi connectivity index (χ4v) is 2.26. The molecule has 102 valence electrons. The highest BCUT2D eigenvalue weighted by Crippen LogP contribution is 2.20. The Labute approximate surface area is 114 Å². The van der Waals surface area contributed by atoms with E-state index in [-0.39, 0.29) is 0 Å². The predicted molar refractivity (Wildman–Crippen MR) is 76.9 cm³/mol. The first-order valence-electron chi connectivity index (χ1n) is 6.82. The molecule has 1 atom stereocenters. The molecule has 0 saturated carbocycles. The van der Waals surface area contributed by atoms with E-state index in [9.17, 15) is 0 Å². The minimum atomic E-state index is 0.295. The van der Waals surface area contributed by atoms with Gasteiger partial charge < -0.3 is 9.88 Å². The number of aryl methyl sites for hydroxylation is 2. The molecule has 0 bridgehead atoms. The van der Waals surface area contributed by atoms with E-state index in [1.54, 1.807) is 0 Å². The zero-order chi connectivity index (χ0) is 13.7. The lowest BCUT2D eigenvalue weighted by atomic mass is 10.00. The molecule has 0 spiro atoms. The Bertz CT molecular complexity index is 518. The SMILES string of the molecule is CCCNC(Cc1nccn1C)c1ccncc1C. The second kappa shape index (κ2) is 6.48. The molecule has 0 radical (unpaired) electrons. The molecule has 0 amide bonds. The molecule has 1 N–H and O–H groups in total. The van der Waals surface area contributed by atoms with Crippen molar-refractivity contribution >= 4 is 0 Å². The number of nitrogens with zero attached hydrogens (tertiary/aromatic N) is 3. The molecular weight excluding hydrogens is 236 g/mol. The lowest BCUT2D eigenvalue weighted by Crippen LogP contribution is -2.25. The summed E-state index contributed by atoms with van der Waals surface area (Å²) in [5, 5.41) is 3.61. The van der Waals surface area contributed by atoms with Crippen molar-refractivity contribution in [2.24, 2.45) is 7.05 Å². The highest BCUT2D eigenvalue weighted by molar-refractivity contribution is 5.26. The third-order valence-electron chi connectivity index (χ3n) is 3.39. The van der Waals surface area contributed by atoms with Gasteiger partial charge in [-0.15, -0.1) is 0 Å². The average Bonchev–Trinajstić information content (AvgIpc) is 2.81. The summed E-state index contributed by atoms with van der Waals surface area (Å²) in [5.41, 5.74) is 2.54. The van der Waals surface area contributed by atoms with Crippen molar-refractivity contribution in [2.45, 2.75) is 32.7 Å². The van der Waals surface area contributed by atoms with Gasteiger partial charge in [0.2, 0.25) is 0 Å². The standard InChI is InChI=1S/C15H22N4/c1-4-6-17-14(10-15-18-8-9-19(15)3)13-5-7-16-11-12(13)2/h5,7-9,11,14,17H,4,6,10H2,1-3H3. The molecule has 0 saturated heterocycles. The maximum Gasteiger partial charge on any atom is 0.110 e. The summed E-state index contributed by atoms with van der Waals surface area (Å²) < 4.78 is 2.08. The van der Waals surface area contributed by atoms with E-state index < -0.39 is 0 Å². The summed E-state index contributed by atoms with van der Waals surface area (Å²) in [6.07, 6.45) is 9.66. The number of rotatable bonds is 6. The van der Waals surface area contributed by atoms with Crippen molar-refractivity contribution in [3.8, 4) is 0 Å². The van der Waals surface area contributed by atoms with E-state index in [2.05, 4.69) is 39.8 Å². The first-order chi connectivity index (χ1) is 9.22. The Balaban J connectivity index is 2.21. The summed E-state index contributed by atoms with van der Waals surface area (Å²) in [5.74, 6) is 1.10. The van der Waals surface area contributed by atoms with Crippen LogP contribution in [0.4, 0.5) is 0 Å². The van der Waals surface area contributed by atoms with E-state index in [1.165, 1.54) is 11.1 Å². The molecule has 4 heteroatoms. The van der Waals surface area contributed by atoms with Crippen LogP contribution in [0, 0.1) is 6.92 Å². The van der Waals surface area contributed by atoms with Gasteiger partial charge in [0, 0.05) is 44.3 Å². The van der Waals surface area contributed by atoms with Gasteiger partial charge in [-0.25, -0.2) is 4.98 Å². The van der Waals surface area contributed by atoms with Gasteiger partial charge in [0.1, 0.15) is 5.82 Å². The highest BCUT2D eigenvalue weighted by Gasteiger charge is 2.15. The maximum atomic E-state index is 4.43. The summed E-state index contributed by atoms with van der Waals surface area (Å²) in [4.78, 5) is 8.60. The van der Waals surface area contributed by atoms with Gasteiger partial charge in [0.15, 0.2) is 0 Å². The number of aromatic nitrogens is 3. The smallest absolute Gasteiger partial charge is 0.110 e. The van der Waals surface area contributed by atoms with Crippen molar-refractivity contribution in [3.63, 3.8) is 0 Å². The van der Waals surface area contributed by atoms with Crippen LogP contribution in [0.2, 0.25) is 0 Å². The Hall–Kier alpha value is -1.68. The van der Waals surface area contributed by atoms with Gasteiger partial charge >= 0.3 is 0 Å². The van der Waals surface area contributed by atoms with E-state index in [4.69, 9.17) is 0 Å². The molecule has 2 aromatic rings. The zero-order valence-corrected chi connectivity index (χ0v) is 11.9. The summed E-state index contributed by atoms with van der Waals surface area (Å²) in [6, 6.07) is 2.40. The summed E-state index contributed by atoms with van der Waals surface area (Å²) in [7, 11) is 2.04. The average molecular weight is 258 g/mol.